The molecule has 0 aliphatic rings. The molecule has 2 aromatic heterocycles. The molecule has 2 heterocycles. The lowest BCUT2D eigenvalue weighted by molar-refractivity contribution is 0.449. The van der Waals surface area contributed by atoms with Gasteiger partial charge < -0.3 is 10.2 Å². The molecule has 84 valence electrons. The van der Waals surface area contributed by atoms with Crippen LogP contribution in [0.1, 0.15) is 22.9 Å². The van der Waals surface area contributed by atoms with Gasteiger partial charge in [0.1, 0.15) is 17.6 Å². The van der Waals surface area contributed by atoms with Crippen LogP contribution in [0.25, 0.3) is 0 Å². The highest BCUT2D eigenvalue weighted by atomic mass is 16.3. The summed E-state index contributed by atoms with van der Waals surface area (Å²) >= 11 is 0. The number of aryl methyl sites for hydroxylation is 1. The second-order valence-electron chi connectivity index (χ2n) is 3.55. The van der Waals surface area contributed by atoms with Crippen LogP contribution in [0, 0.1) is 6.92 Å². The van der Waals surface area contributed by atoms with E-state index in [-0.39, 0.29) is 6.04 Å². The van der Waals surface area contributed by atoms with E-state index in [0.717, 1.165) is 16.9 Å². The largest absolute Gasteiger partial charge is 0.467 e. The molecule has 1 atom stereocenters. The van der Waals surface area contributed by atoms with Crippen LogP contribution in [0.3, 0.4) is 0 Å². The van der Waals surface area contributed by atoms with Gasteiger partial charge >= 0.3 is 0 Å². The van der Waals surface area contributed by atoms with E-state index in [4.69, 9.17) is 16.0 Å². The molecule has 0 saturated heterocycles. The minimum Gasteiger partial charge on any atom is -0.467 e. The lowest BCUT2D eigenvalue weighted by Crippen LogP contribution is -2.29. The van der Waals surface area contributed by atoms with Gasteiger partial charge in [-0.2, -0.15) is 0 Å². The molecular weight excluding hydrogens is 204 g/mol. The molecular formula is C11H14N4O. The molecule has 1 unspecified atom stereocenters. The fraction of sp³-hybridized carbons (Fsp3) is 0.182. The number of hydrazine groups is 1. The van der Waals surface area contributed by atoms with Crippen molar-refractivity contribution in [3.8, 4) is 0 Å². The first kappa shape index (κ1) is 10.7. The van der Waals surface area contributed by atoms with Crippen LogP contribution in [0.2, 0.25) is 0 Å². The minimum absolute atomic E-state index is 0.274. The van der Waals surface area contributed by atoms with Crippen molar-refractivity contribution >= 4 is 5.82 Å². The van der Waals surface area contributed by atoms with Gasteiger partial charge in [0.05, 0.1) is 6.26 Å². The zero-order chi connectivity index (χ0) is 11.5. The number of nitrogen functional groups attached to an aromatic ring is 1. The summed E-state index contributed by atoms with van der Waals surface area (Å²) in [6, 6.07) is 5.29. The first-order valence-electron chi connectivity index (χ1n) is 4.94. The number of furan rings is 1. The quantitative estimate of drug-likeness (QED) is 0.530. The zero-order valence-electron chi connectivity index (χ0n) is 8.97. The Bertz CT molecular complexity index is 480. The van der Waals surface area contributed by atoms with Gasteiger partial charge in [-0.1, -0.05) is 6.07 Å². The monoisotopic (exact) mass is 218 g/mol. The molecule has 0 fully saturated rings. The molecule has 0 radical (unpaired) electrons. The number of hydrogen-bond donors (Lipinski definition) is 3. The smallest absolute Gasteiger partial charge is 0.129 e. The number of nitrogens with two attached hydrogens (primary N) is 2. The summed E-state index contributed by atoms with van der Waals surface area (Å²) in [7, 11) is 0. The molecule has 16 heavy (non-hydrogen) atoms. The molecule has 2 aromatic rings. The Labute approximate surface area is 93.4 Å². The molecule has 5 heteroatoms. The van der Waals surface area contributed by atoms with Gasteiger partial charge in [-0.25, -0.2) is 10.4 Å². The molecule has 0 aliphatic heterocycles. The highest BCUT2D eigenvalue weighted by Crippen LogP contribution is 2.27. The highest BCUT2D eigenvalue weighted by molar-refractivity contribution is 5.44. The molecule has 0 aliphatic carbocycles. The van der Waals surface area contributed by atoms with Crippen molar-refractivity contribution in [2.24, 2.45) is 5.84 Å². The van der Waals surface area contributed by atoms with Crippen LogP contribution >= 0.6 is 0 Å². The summed E-state index contributed by atoms with van der Waals surface area (Å²) in [6.45, 7) is 1.95. The second kappa shape index (κ2) is 4.34. The summed E-state index contributed by atoms with van der Waals surface area (Å²) in [5.41, 5.74) is 10.3. The number of rotatable bonds is 3. The minimum atomic E-state index is -0.274. The predicted molar refractivity (Wildman–Crippen MR) is 61.3 cm³/mol. The van der Waals surface area contributed by atoms with E-state index in [9.17, 15) is 0 Å². The van der Waals surface area contributed by atoms with Gasteiger partial charge in [0, 0.05) is 11.8 Å². The topological polar surface area (TPSA) is 90.1 Å². The van der Waals surface area contributed by atoms with E-state index in [1.54, 1.807) is 12.5 Å². The van der Waals surface area contributed by atoms with Crippen molar-refractivity contribution in [2.45, 2.75) is 13.0 Å². The van der Waals surface area contributed by atoms with Gasteiger partial charge in [0.15, 0.2) is 0 Å². The van der Waals surface area contributed by atoms with E-state index in [1.807, 2.05) is 25.1 Å². The van der Waals surface area contributed by atoms with Gasteiger partial charge in [-0.3, -0.25) is 5.84 Å². The number of pyridine rings is 1. The van der Waals surface area contributed by atoms with Crippen LogP contribution in [0.5, 0.6) is 0 Å². The van der Waals surface area contributed by atoms with E-state index in [0.29, 0.717) is 5.82 Å². The summed E-state index contributed by atoms with van der Waals surface area (Å²) in [6.07, 6.45) is 3.27. The fourth-order valence-electron chi connectivity index (χ4n) is 1.66. The maximum Gasteiger partial charge on any atom is 0.129 e. The molecule has 0 amide bonds. The molecule has 0 saturated carbocycles. The van der Waals surface area contributed by atoms with Crippen molar-refractivity contribution in [2.75, 3.05) is 5.73 Å². The van der Waals surface area contributed by atoms with Gasteiger partial charge in [0.25, 0.3) is 0 Å². The SMILES string of the molecule is Cc1ccoc1C(NN)c1cccnc1N. The highest BCUT2D eigenvalue weighted by Gasteiger charge is 2.20. The van der Waals surface area contributed by atoms with E-state index >= 15 is 0 Å². The van der Waals surface area contributed by atoms with Crippen molar-refractivity contribution in [1.82, 2.24) is 10.4 Å². The van der Waals surface area contributed by atoms with Crippen LogP contribution in [0.15, 0.2) is 35.1 Å². The molecule has 2 rings (SSSR count). The number of anilines is 1. The van der Waals surface area contributed by atoms with Crippen molar-refractivity contribution < 1.29 is 4.42 Å². The Kier molecular flexibility index (Phi) is 2.89. The van der Waals surface area contributed by atoms with Crippen molar-refractivity contribution in [1.29, 1.82) is 0 Å². The Morgan fingerprint density at radius 2 is 2.25 bits per heavy atom. The fourth-order valence-corrected chi connectivity index (χ4v) is 1.66. The number of nitrogens with zero attached hydrogens (tertiary/aromatic N) is 1. The van der Waals surface area contributed by atoms with Crippen LogP contribution in [-0.2, 0) is 0 Å². The Morgan fingerprint density at radius 1 is 1.44 bits per heavy atom. The van der Waals surface area contributed by atoms with Gasteiger partial charge in [-0.15, -0.1) is 0 Å². The normalized spacial score (nSPS) is 12.6. The Morgan fingerprint density at radius 3 is 2.81 bits per heavy atom. The van der Waals surface area contributed by atoms with Crippen molar-refractivity contribution in [3.63, 3.8) is 0 Å². The first-order chi connectivity index (χ1) is 7.74. The molecule has 0 bridgehead atoms. The predicted octanol–water partition coefficient (Wildman–Crippen LogP) is 1.12. The molecule has 0 aromatic carbocycles. The lowest BCUT2D eigenvalue weighted by atomic mass is 10.0. The molecule has 5 N–H and O–H groups in total. The molecule has 0 spiro atoms. The number of nitrogens with one attached hydrogen (secondary N) is 1. The average Bonchev–Trinajstić information content (AvgIpc) is 2.69. The maximum atomic E-state index is 5.80. The van der Waals surface area contributed by atoms with E-state index in [2.05, 4.69) is 10.4 Å². The first-order valence-corrected chi connectivity index (χ1v) is 4.94. The summed E-state index contributed by atoms with van der Waals surface area (Å²) in [5, 5.41) is 0. The van der Waals surface area contributed by atoms with Gasteiger partial charge in [0.2, 0.25) is 0 Å². The maximum absolute atomic E-state index is 5.80. The van der Waals surface area contributed by atoms with Crippen LogP contribution in [0.4, 0.5) is 5.82 Å². The second-order valence-corrected chi connectivity index (χ2v) is 3.55. The summed E-state index contributed by atoms with van der Waals surface area (Å²) in [5.74, 6) is 6.74. The van der Waals surface area contributed by atoms with E-state index < -0.39 is 0 Å². The Balaban J connectivity index is 2.45. The van der Waals surface area contributed by atoms with Crippen molar-refractivity contribution in [3.05, 3.63) is 47.5 Å². The third-order valence-corrected chi connectivity index (χ3v) is 2.51. The molecule has 5 nitrogen and oxygen atoms in total. The number of aromatic nitrogens is 1. The van der Waals surface area contributed by atoms with Crippen LogP contribution in [-0.4, -0.2) is 4.98 Å². The lowest BCUT2D eigenvalue weighted by Gasteiger charge is -2.16. The zero-order valence-corrected chi connectivity index (χ0v) is 8.97. The Hall–Kier alpha value is -1.85. The third-order valence-electron chi connectivity index (χ3n) is 2.51. The number of hydrogen-bond acceptors (Lipinski definition) is 5. The third kappa shape index (κ3) is 1.78. The van der Waals surface area contributed by atoms with Gasteiger partial charge in [-0.05, 0) is 24.6 Å². The van der Waals surface area contributed by atoms with Crippen LogP contribution < -0.4 is 17.0 Å². The average molecular weight is 218 g/mol. The summed E-state index contributed by atoms with van der Waals surface area (Å²) in [4.78, 5) is 4.03. The summed E-state index contributed by atoms with van der Waals surface area (Å²) < 4.78 is 5.40. The van der Waals surface area contributed by atoms with E-state index in [1.165, 1.54) is 0 Å². The standard InChI is InChI=1S/C11H14N4O/c1-7-4-6-16-10(7)9(15-13)8-3-2-5-14-11(8)12/h2-6,9,15H,13H2,1H3,(H2,12,14).